The smallest absolute Gasteiger partial charge is 0.105 e. The molecule has 2 aromatic rings. The Morgan fingerprint density at radius 1 is 1.20 bits per heavy atom. The van der Waals surface area contributed by atoms with Crippen LogP contribution in [0, 0.1) is 6.92 Å². The number of aryl methyl sites for hydroxylation is 1. The molecule has 1 aromatic heterocycles. The van der Waals surface area contributed by atoms with Crippen molar-refractivity contribution >= 4 is 8.07 Å². The summed E-state index contributed by atoms with van der Waals surface area (Å²) >= 11 is 0. The van der Waals surface area contributed by atoms with Crippen molar-refractivity contribution in [2.75, 3.05) is 0 Å². The average molecular weight is 288 g/mol. The minimum atomic E-state index is -1.41. The standard InChI is InChI=1S/C16H24N2OSi/c1-14-5-7-15(8-6-14)16(19,12-20(2,3)4)11-18-10-9-17-13-18/h5-10,13,19H,11-12H2,1-4H3. The lowest BCUT2D eigenvalue weighted by atomic mass is 9.94. The predicted molar refractivity (Wildman–Crippen MR) is 85.5 cm³/mol. The van der Waals surface area contributed by atoms with E-state index in [0.717, 1.165) is 11.6 Å². The topological polar surface area (TPSA) is 38.0 Å². The van der Waals surface area contributed by atoms with Gasteiger partial charge in [0.1, 0.15) is 5.60 Å². The Kier molecular flexibility index (Phi) is 4.16. The molecule has 0 saturated heterocycles. The van der Waals surface area contributed by atoms with Gasteiger partial charge in [0.25, 0.3) is 0 Å². The molecule has 4 heteroatoms. The van der Waals surface area contributed by atoms with Crippen molar-refractivity contribution in [1.82, 2.24) is 9.55 Å². The average Bonchev–Trinajstić information content (AvgIpc) is 2.79. The summed E-state index contributed by atoms with van der Waals surface area (Å²) in [5.41, 5.74) is 1.39. The second-order valence-electron chi connectivity index (χ2n) is 6.87. The lowest BCUT2D eigenvalue weighted by molar-refractivity contribution is 0.0369. The maximum Gasteiger partial charge on any atom is 0.105 e. The summed E-state index contributed by atoms with van der Waals surface area (Å²) in [6.07, 6.45) is 5.43. The predicted octanol–water partition coefficient (Wildman–Crippen LogP) is 3.42. The minimum absolute atomic E-state index is 0.556. The summed E-state index contributed by atoms with van der Waals surface area (Å²) in [7, 11) is -1.41. The quantitative estimate of drug-likeness (QED) is 0.856. The zero-order chi connectivity index (χ0) is 14.8. The largest absolute Gasteiger partial charge is 0.384 e. The molecule has 1 heterocycles. The highest BCUT2D eigenvalue weighted by Gasteiger charge is 2.35. The van der Waals surface area contributed by atoms with Gasteiger partial charge in [0, 0.05) is 20.5 Å². The third kappa shape index (κ3) is 3.80. The van der Waals surface area contributed by atoms with Crippen molar-refractivity contribution < 1.29 is 5.11 Å². The highest BCUT2D eigenvalue weighted by molar-refractivity contribution is 6.76. The highest BCUT2D eigenvalue weighted by atomic mass is 28.3. The molecule has 0 radical (unpaired) electrons. The van der Waals surface area contributed by atoms with Gasteiger partial charge >= 0.3 is 0 Å². The number of imidazole rings is 1. The molecule has 3 nitrogen and oxygen atoms in total. The Balaban J connectivity index is 2.34. The molecule has 0 bridgehead atoms. The van der Waals surface area contributed by atoms with E-state index in [1.165, 1.54) is 5.56 Å². The summed E-state index contributed by atoms with van der Waals surface area (Å²) in [6.45, 7) is 9.50. The molecule has 108 valence electrons. The second kappa shape index (κ2) is 5.54. The fourth-order valence-corrected chi connectivity index (χ4v) is 4.74. The van der Waals surface area contributed by atoms with Crippen LogP contribution in [0.1, 0.15) is 11.1 Å². The first kappa shape index (κ1) is 15.0. The number of aliphatic hydroxyl groups is 1. The van der Waals surface area contributed by atoms with Gasteiger partial charge < -0.3 is 9.67 Å². The summed E-state index contributed by atoms with van der Waals surface area (Å²) in [4.78, 5) is 4.07. The van der Waals surface area contributed by atoms with Crippen LogP contribution < -0.4 is 0 Å². The van der Waals surface area contributed by atoms with Crippen LogP contribution in [0.5, 0.6) is 0 Å². The van der Waals surface area contributed by atoms with E-state index in [1.54, 1.807) is 12.5 Å². The molecule has 0 spiro atoms. The fourth-order valence-electron chi connectivity index (χ4n) is 2.67. The van der Waals surface area contributed by atoms with Crippen LogP contribution in [0.25, 0.3) is 0 Å². The van der Waals surface area contributed by atoms with E-state index < -0.39 is 13.7 Å². The highest BCUT2D eigenvalue weighted by Crippen LogP contribution is 2.33. The number of nitrogens with zero attached hydrogens (tertiary/aromatic N) is 2. The third-order valence-electron chi connectivity index (χ3n) is 3.42. The molecule has 1 atom stereocenters. The molecule has 0 aliphatic rings. The SMILES string of the molecule is Cc1ccc(C(O)(Cn2ccnc2)C[Si](C)(C)C)cc1. The van der Waals surface area contributed by atoms with Crippen LogP contribution in [-0.4, -0.2) is 22.7 Å². The van der Waals surface area contributed by atoms with E-state index in [-0.39, 0.29) is 0 Å². The molecule has 0 fully saturated rings. The molecule has 1 N–H and O–H groups in total. The Morgan fingerprint density at radius 2 is 1.85 bits per heavy atom. The monoisotopic (exact) mass is 288 g/mol. The lowest BCUT2D eigenvalue weighted by Gasteiger charge is -2.34. The number of aromatic nitrogens is 2. The van der Waals surface area contributed by atoms with Gasteiger partial charge in [0.15, 0.2) is 0 Å². The van der Waals surface area contributed by atoms with Crippen LogP contribution in [0.4, 0.5) is 0 Å². The van der Waals surface area contributed by atoms with Crippen LogP contribution in [0.2, 0.25) is 25.7 Å². The molecular weight excluding hydrogens is 264 g/mol. The Bertz CT molecular complexity index is 543. The first-order valence-corrected chi connectivity index (χ1v) is 10.7. The number of hydrogen-bond acceptors (Lipinski definition) is 2. The van der Waals surface area contributed by atoms with E-state index in [1.807, 2.05) is 22.9 Å². The van der Waals surface area contributed by atoms with Gasteiger partial charge in [0.2, 0.25) is 0 Å². The number of hydrogen-bond donors (Lipinski definition) is 1. The van der Waals surface area contributed by atoms with Crippen LogP contribution >= 0.6 is 0 Å². The van der Waals surface area contributed by atoms with E-state index in [2.05, 4.69) is 43.7 Å². The molecule has 2 rings (SSSR count). The Hall–Kier alpha value is -1.39. The molecule has 0 aliphatic heterocycles. The van der Waals surface area contributed by atoms with Gasteiger partial charge in [-0.05, 0) is 18.5 Å². The summed E-state index contributed by atoms with van der Waals surface area (Å²) < 4.78 is 1.96. The third-order valence-corrected chi connectivity index (χ3v) is 5.06. The zero-order valence-electron chi connectivity index (χ0n) is 12.8. The Labute approximate surface area is 122 Å². The van der Waals surface area contributed by atoms with E-state index in [4.69, 9.17) is 0 Å². The minimum Gasteiger partial charge on any atom is -0.384 e. The molecule has 1 aromatic carbocycles. The molecule has 0 aliphatic carbocycles. The van der Waals surface area contributed by atoms with Crippen molar-refractivity contribution in [3.8, 4) is 0 Å². The zero-order valence-corrected chi connectivity index (χ0v) is 13.8. The van der Waals surface area contributed by atoms with Crippen molar-refractivity contribution in [2.45, 2.75) is 44.8 Å². The van der Waals surface area contributed by atoms with Crippen LogP contribution in [0.15, 0.2) is 43.0 Å². The van der Waals surface area contributed by atoms with Crippen LogP contribution in [0.3, 0.4) is 0 Å². The van der Waals surface area contributed by atoms with Gasteiger partial charge in [-0.2, -0.15) is 0 Å². The lowest BCUT2D eigenvalue weighted by Crippen LogP contribution is -2.39. The van der Waals surface area contributed by atoms with E-state index in [0.29, 0.717) is 6.54 Å². The van der Waals surface area contributed by atoms with E-state index >= 15 is 0 Å². The Morgan fingerprint density at radius 3 is 2.35 bits per heavy atom. The molecule has 1 unspecified atom stereocenters. The van der Waals surface area contributed by atoms with Crippen LogP contribution in [-0.2, 0) is 12.1 Å². The van der Waals surface area contributed by atoms with Gasteiger partial charge in [-0.3, -0.25) is 0 Å². The van der Waals surface area contributed by atoms with Gasteiger partial charge in [-0.1, -0.05) is 49.5 Å². The first-order chi connectivity index (χ1) is 9.28. The van der Waals surface area contributed by atoms with E-state index in [9.17, 15) is 5.11 Å². The molecule has 20 heavy (non-hydrogen) atoms. The molecule has 0 saturated carbocycles. The van der Waals surface area contributed by atoms with Gasteiger partial charge in [0.05, 0.1) is 12.9 Å². The second-order valence-corrected chi connectivity index (χ2v) is 12.3. The maximum absolute atomic E-state index is 11.3. The molecule has 0 amide bonds. The van der Waals surface area contributed by atoms with Gasteiger partial charge in [-0.25, -0.2) is 4.98 Å². The van der Waals surface area contributed by atoms with Crippen molar-refractivity contribution in [3.63, 3.8) is 0 Å². The van der Waals surface area contributed by atoms with Crippen molar-refractivity contribution in [2.24, 2.45) is 0 Å². The summed E-state index contributed by atoms with van der Waals surface area (Å²) in [5.74, 6) is 0. The maximum atomic E-state index is 11.3. The fraction of sp³-hybridized carbons (Fsp3) is 0.438. The first-order valence-electron chi connectivity index (χ1n) is 7.04. The normalized spacial score (nSPS) is 15.1. The number of benzene rings is 1. The van der Waals surface area contributed by atoms with Crippen molar-refractivity contribution in [3.05, 3.63) is 54.1 Å². The van der Waals surface area contributed by atoms with Gasteiger partial charge in [-0.15, -0.1) is 0 Å². The number of rotatable bonds is 5. The molecular formula is C16H24N2OSi. The van der Waals surface area contributed by atoms with Crippen molar-refractivity contribution in [1.29, 1.82) is 0 Å². The summed E-state index contributed by atoms with van der Waals surface area (Å²) in [5, 5.41) is 11.3. The summed E-state index contributed by atoms with van der Waals surface area (Å²) in [6, 6.07) is 9.07.